The second-order valence-corrected chi connectivity index (χ2v) is 5.17. The number of carbonyl (C=O) groups excluding carboxylic acids is 1. The van der Waals surface area contributed by atoms with Gasteiger partial charge in [0.1, 0.15) is 5.75 Å². The first-order valence-corrected chi connectivity index (χ1v) is 6.82. The molecule has 104 valence electrons. The summed E-state index contributed by atoms with van der Waals surface area (Å²) < 4.78 is 6.05. The van der Waals surface area contributed by atoms with Crippen molar-refractivity contribution in [3.63, 3.8) is 0 Å². The van der Waals surface area contributed by atoms with Crippen molar-refractivity contribution >= 4 is 33.2 Å². The molecule has 2 aromatic carbocycles. The molecular weight excluding hydrogens is 320 g/mol. The number of halogens is 1. The Bertz CT molecular complexity index is 656. The second-order valence-electron chi connectivity index (χ2n) is 4.32. The number of rotatable bonds is 3. The van der Waals surface area contributed by atoms with Crippen molar-refractivity contribution in [3.05, 3.63) is 52.0 Å². The topological polar surface area (TPSA) is 64.3 Å². The van der Waals surface area contributed by atoms with Crippen LogP contribution in [0.2, 0.25) is 0 Å². The van der Waals surface area contributed by atoms with Gasteiger partial charge in [0.25, 0.3) is 5.91 Å². The zero-order valence-corrected chi connectivity index (χ0v) is 12.8. The summed E-state index contributed by atoms with van der Waals surface area (Å²) in [6.45, 7) is 1.93. The van der Waals surface area contributed by atoms with Gasteiger partial charge in [0.2, 0.25) is 0 Å². The lowest BCUT2D eigenvalue weighted by molar-refractivity contribution is 0.102. The number of benzene rings is 2. The molecule has 0 spiro atoms. The van der Waals surface area contributed by atoms with E-state index in [0.29, 0.717) is 17.0 Å². The predicted octanol–water partition coefficient (Wildman–Crippen LogP) is 3.60. The monoisotopic (exact) mass is 334 g/mol. The lowest BCUT2D eigenvalue weighted by atomic mass is 10.1. The molecule has 0 saturated heterocycles. The maximum absolute atomic E-state index is 12.3. The highest BCUT2D eigenvalue weighted by Gasteiger charge is 2.13. The zero-order chi connectivity index (χ0) is 14.7. The maximum Gasteiger partial charge on any atom is 0.257 e. The average molecular weight is 335 g/mol. The lowest BCUT2D eigenvalue weighted by Gasteiger charge is -2.11. The van der Waals surface area contributed by atoms with Crippen LogP contribution in [0.5, 0.6) is 5.75 Å². The molecule has 3 N–H and O–H groups in total. The molecule has 0 fully saturated rings. The van der Waals surface area contributed by atoms with E-state index in [1.54, 1.807) is 25.3 Å². The number of amides is 1. The molecule has 5 heteroatoms. The molecule has 0 bridgehead atoms. The van der Waals surface area contributed by atoms with E-state index >= 15 is 0 Å². The van der Waals surface area contributed by atoms with Gasteiger partial charge in [0.15, 0.2) is 0 Å². The first kappa shape index (κ1) is 14.4. The van der Waals surface area contributed by atoms with Gasteiger partial charge >= 0.3 is 0 Å². The summed E-state index contributed by atoms with van der Waals surface area (Å²) in [6, 6.07) is 10.6. The summed E-state index contributed by atoms with van der Waals surface area (Å²) in [5.74, 6) is 0.331. The molecule has 1 amide bonds. The van der Waals surface area contributed by atoms with E-state index in [2.05, 4.69) is 21.2 Å². The van der Waals surface area contributed by atoms with Crippen molar-refractivity contribution < 1.29 is 9.53 Å². The van der Waals surface area contributed by atoms with Gasteiger partial charge in [0.05, 0.1) is 12.7 Å². The first-order valence-electron chi connectivity index (χ1n) is 6.03. The average Bonchev–Trinajstić information content (AvgIpc) is 2.44. The fourth-order valence-corrected chi connectivity index (χ4v) is 2.16. The Morgan fingerprint density at radius 1 is 1.30 bits per heavy atom. The van der Waals surface area contributed by atoms with E-state index in [1.807, 2.05) is 25.1 Å². The number of nitrogen functional groups attached to an aromatic ring is 1. The molecule has 0 unspecified atom stereocenters. The zero-order valence-electron chi connectivity index (χ0n) is 11.2. The largest absolute Gasteiger partial charge is 0.497 e. The van der Waals surface area contributed by atoms with Gasteiger partial charge in [-0.15, -0.1) is 0 Å². The van der Waals surface area contributed by atoms with Crippen LogP contribution in [-0.4, -0.2) is 13.0 Å². The molecule has 2 aromatic rings. The highest BCUT2D eigenvalue weighted by molar-refractivity contribution is 9.10. The van der Waals surface area contributed by atoms with Gasteiger partial charge in [0, 0.05) is 15.8 Å². The van der Waals surface area contributed by atoms with Crippen LogP contribution in [0.1, 0.15) is 15.9 Å². The maximum atomic E-state index is 12.3. The van der Waals surface area contributed by atoms with E-state index in [0.717, 1.165) is 15.7 Å². The minimum absolute atomic E-state index is 0.261. The van der Waals surface area contributed by atoms with Gasteiger partial charge in [-0.1, -0.05) is 22.0 Å². The van der Waals surface area contributed by atoms with Gasteiger partial charge < -0.3 is 15.8 Å². The van der Waals surface area contributed by atoms with E-state index < -0.39 is 0 Å². The number of carbonyl (C=O) groups is 1. The summed E-state index contributed by atoms with van der Waals surface area (Å²) in [6.07, 6.45) is 0. The van der Waals surface area contributed by atoms with Crippen LogP contribution in [0, 0.1) is 6.92 Å². The number of hydrogen-bond donors (Lipinski definition) is 2. The molecule has 20 heavy (non-hydrogen) atoms. The van der Waals surface area contributed by atoms with Gasteiger partial charge in [-0.05, 0) is 42.8 Å². The van der Waals surface area contributed by atoms with E-state index in [9.17, 15) is 4.79 Å². The number of methoxy groups -OCH3 is 1. The molecule has 0 heterocycles. The van der Waals surface area contributed by atoms with Crippen molar-refractivity contribution in [3.8, 4) is 5.75 Å². The Labute approximate surface area is 126 Å². The summed E-state index contributed by atoms with van der Waals surface area (Å²) in [5.41, 5.74) is 8.35. The Hall–Kier alpha value is -2.01. The normalized spacial score (nSPS) is 10.2. The minimum Gasteiger partial charge on any atom is -0.497 e. The molecular formula is C15H15BrN2O2. The predicted molar refractivity (Wildman–Crippen MR) is 84.2 cm³/mol. The Morgan fingerprint density at radius 3 is 2.75 bits per heavy atom. The lowest BCUT2D eigenvalue weighted by Crippen LogP contribution is -2.15. The highest BCUT2D eigenvalue weighted by Crippen LogP contribution is 2.25. The Kier molecular flexibility index (Phi) is 4.29. The molecule has 0 radical (unpaired) electrons. The van der Waals surface area contributed by atoms with Gasteiger partial charge in [-0.3, -0.25) is 4.79 Å². The second kappa shape index (κ2) is 5.96. The Balaban J connectivity index is 2.30. The molecule has 0 atom stereocenters. The van der Waals surface area contributed by atoms with Crippen LogP contribution < -0.4 is 15.8 Å². The third-order valence-electron chi connectivity index (χ3n) is 3.02. The van der Waals surface area contributed by atoms with E-state index in [-0.39, 0.29) is 5.91 Å². The summed E-state index contributed by atoms with van der Waals surface area (Å²) in [4.78, 5) is 12.3. The third-order valence-corrected chi connectivity index (χ3v) is 3.88. The van der Waals surface area contributed by atoms with Crippen molar-refractivity contribution in [1.82, 2.24) is 0 Å². The summed E-state index contributed by atoms with van der Waals surface area (Å²) in [7, 11) is 1.55. The SMILES string of the molecule is COc1ccc(N)c(C(=O)Nc2cccc(Br)c2C)c1. The molecule has 0 aromatic heterocycles. The summed E-state index contributed by atoms with van der Waals surface area (Å²) >= 11 is 3.43. The standard InChI is InChI=1S/C15H15BrN2O2/c1-9-12(16)4-3-5-14(9)18-15(19)11-8-10(20-2)6-7-13(11)17/h3-8H,17H2,1-2H3,(H,18,19). The fraction of sp³-hybridized carbons (Fsp3) is 0.133. The van der Waals surface area contributed by atoms with Crippen LogP contribution in [-0.2, 0) is 0 Å². The quantitative estimate of drug-likeness (QED) is 0.843. The number of nitrogens with one attached hydrogen (secondary N) is 1. The smallest absolute Gasteiger partial charge is 0.257 e. The van der Waals surface area contributed by atoms with Crippen molar-refractivity contribution in [1.29, 1.82) is 0 Å². The number of anilines is 2. The molecule has 0 aliphatic heterocycles. The number of nitrogens with two attached hydrogens (primary N) is 1. The van der Waals surface area contributed by atoms with Crippen LogP contribution in [0.15, 0.2) is 40.9 Å². The van der Waals surface area contributed by atoms with Crippen LogP contribution in [0.3, 0.4) is 0 Å². The Morgan fingerprint density at radius 2 is 2.05 bits per heavy atom. The molecule has 0 aliphatic rings. The van der Waals surface area contributed by atoms with Crippen molar-refractivity contribution in [2.24, 2.45) is 0 Å². The van der Waals surface area contributed by atoms with Crippen molar-refractivity contribution in [2.75, 3.05) is 18.2 Å². The van der Waals surface area contributed by atoms with Crippen LogP contribution in [0.25, 0.3) is 0 Å². The fourth-order valence-electron chi connectivity index (χ4n) is 1.79. The number of ether oxygens (including phenoxy) is 1. The molecule has 4 nitrogen and oxygen atoms in total. The first-order chi connectivity index (χ1) is 9.52. The van der Waals surface area contributed by atoms with Gasteiger partial charge in [-0.25, -0.2) is 0 Å². The molecule has 0 aliphatic carbocycles. The number of hydrogen-bond acceptors (Lipinski definition) is 3. The third kappa shape index (κ3) is 2.93. The minimum atomic E-state index is -0.261. The van der Waals surface area contributed by atoms with Crippen LogP contribution in [0.4, 0.5) is 11.4 Å². The molecule has 2 rings (SSSR count). The van der Waals surface area contributed by atoms with Gasteiger partial charge in [-0.2, -0.15) is 0 Å². The summed E-state index contributed by atoms with van der Waals surface area (Å²) in [5, 5.41) is 2.85. The van der Waals surface area contributed by atoms with Crippen molar-refractivity contribution in [2.45, 2.75) is 6.92 Å². The van der Waals surface area contributed by atoms with Crippen LogP contribution >= 0.6 is 15.9 Å². The highest BCUT2D eigenvalue weighted by atomic mass is 79.9. The van der Waals surface area contributed by atoms with E-state index in [1.165, 1.54) is 0 Å². The van der Waals surface area contributed by atoms with E-state index in [4.69, 9.17) is 10.5 Å². The molecule has 0 saturated carbocycles.